The van der Waals surface area contributed by atoms with Gasteiger partial charge in [0.2, 0.25) is 0 Å². The summed E-state index contributed by atoms with van der Waals surface area (Å²) in [5, 5.41) is 7.25. The lowest BCUT2D eigenvalue weighted by Crippen LogP contribution is -2.34. The van der Waals surface area contributed by atoms with E-state index >= 15 is 0 Å². The Hall–Kier alpha value is -2.37. The summed E-state index contributed by atoms with van der Waals surface area (Å²) in [5.41, 5.74) is 2.23. The fourth-order valence-electron chi connectivity index (χ4n) is 3.43. The van der Waals surface area contributed by atoms with E-state index in [1.165, 1.54) is 5.69 Å². The van der Waals surface area contributed by atoms with E-state index < -0.39 is 0 Å². The van der Waals surface area contributed by atoms with Crippen molar-refractivity contribution in [2.75, 3.05) is 0 Å². The minimum atomic E-state index is -0.110. The molecule has 0 saturated heterocycles. The molecule has 0 aliphatic carbocycles. The molecule has 0 amide bonds. The fourth-order valence-corrected chi connectivity index (χ4v) is 3.43. The van der Waals surface area contributed by atoms with Crippen molar-refractivity contribution in [1.82, 2.24) is 29.7 Å². The molecule has 0 aliphatic heterocycles. The van der Waals surface area contributed by atoms with Gasteiger partial charge < -0.3 is 9.55 Å². The summed E-state index contributed by atoms with van der Waals surface area (Å²) in [6.45, 7) is 13.4. The number of H-pyrrole nitrogens is 2. The molecule has 3 aromatic rings. The minimum Gasteiger partial charge on any atom is -0.348 e. The number of nitrogens with one attached hydrogen (secondary N) is 2. The highest BCUT2D eigenvalue weighted by atomic mass is 15.1. The molecular weight excluding hydrogens is 336 g/mol. The molecule has 3 rings (SSSR count). The lowest BCUT2D eigenvalue weighted by molar-refractivity contribution is 0.250. The first-order valence-corrected chi connectivity index (χ1v) is 9.63. The molecule has 0 bridgehead atoms. The third kappa shape index (κ3) is 4.31. The van der Waals surface area contributed by atoms with Gasteiger partial charge in [-0.15, -0.1) is 0 Å². The normalized spacial score (nSPS) is 15.0. The predicted octanol–water partition coefficient (Wildman–Crippen LogP) is 4.34. The number of rotatable bonds is 7. The largest absolute Gasteiger partial charge is 0.348 e. The molecule has 0 saturated carbocycles. The van der Waals surface area contributed by atoms with Crippen molar-refractivity contribution in [1.29, 1.82) is 0 Å². The molecule has 0 aromatic carbocycles. The van der Waals surface area contributed by atoms with Crippen LogP contribution in [0, 0.1) is 0 Å². The van der Waals surface area contributed by atoms with Gasteiger partial charge in [0.1, 0.15) is 5.82 Å². The van der Waals surface area contributed by atoms with Crippen molar-refractivity contribution in [3.8, 4) is 0 Å². The SMILES string of the molecule is CC(C)(C)c1c[nH]c(CC(C)(CCC(C)(C)c2ccn[nH]2)n2ccnc2)n1. The zero-order valence-corrected chi connectivity index (χ0v) is 17.4. The van der Waals surface area contributed by atoms with E-state index in [1.54, 1.807) is 0 Å². The van der Waals surface area contributed by atoms with Gasteiger partial charge in [0, 0.05) is 53.3 Å². The minimum absolute atomic E-state index is 0.0259. The van der Waals surface area contributed by atoms with Gasteiger partial charge in [-0.3, -0.25) is 5.10 Å². The van der Waals surface area contributed by atoms with Crippen LogP contribution < -0.4 is 0 Å². The van der Waals surface area contributed by atoms with Gasteiger partial charge in [-0.05, 0) is 25.8 Å². The Kier molecular flexibility index (Phi) is 5.02. The summed E-state index contributed by atoms with van der Waals surface area (Å²) in [6.07, 6.45) is 12.5. The molecule has 0 spiro atoms. The van der Waals surface area contributed by atoms with Crippen LogP contribution in [0.2, 0.25) is 0 Å². The summed E-state index contributed by atoms with van der Waals surface area (Å²) in [6, 6.07) is 2.07. The molecule has 1 unspecified atom stereocenters. The van der Waals surface area contributed by atoms with E-state index in [2.05, 4.69) is 78.5 Å². The van der Waals surface area contributed by atoms with Crippen LogP contribution >= 0.6 is 0 Å². The average molecular weight is 369 g/mol. The van der Waals surface area contributed by atoms with Crippen LogP contribution in [0.4, 0.5) is 0 Å². The predicted molar refractivity (Wildman–Crippen MR) is 108 cm³/mol. The van der Waals surface area contributed by atoms with Crippen LogP contribution in [0.5, 0.6) is 0 Å². The van der Waals surface area contributed by atoms with Gasteiger partial charge in [-0.2, -0.15) is 5.10 Å². The smallest absolute Gasteiger partial charge is 0.108 e. The maximum absolute atomic E-state index is 4.87. The third-order valence-corrected chi connectivity index (χ3v) is 5.59. The molecule has 6 nitrogen and oxygen atoms in total. The molecule has 0 aliphatic rings. The van der Waals surface area contributed by atoms with Crippen LogP contribution in [0.1, 0.15) is 71.6 Å². The number of aromatic amines is 2. The molecule has 6 heteroatoms. The Morgan fingerprint density at radius 2 is 1.81 bits per heavy atom. The van der Waals surface area contributed by atoms with Crippen LogP contribution in [0.15, 0.2) is 37.2 Å². The lowest BCUT2D eigenvalue weighted by Gasteiger charge is -2.34. The van der Waals surface area contributed by atoms with E-state index in [1.807, 2.05) is 24.9 Å². The number of aromatic nitrogens is 6. The monoisotopic (exact) mass is 368 g/mol. The molecule has 3 aromatic heterocycles. The molecule has 1 atom stereocenters. The highest BCUT2D eigenvalue weighted by molar-refractivity contribution is 5.14. The number of imidazole rings is 2. The Labute approximate surface area is 161 Å². The summed E-state index contributed by atoms with van der Waals surface area (Å²) in [4.78, 5) is 12.5. The van der Waals surface area contributed by atoms with Gasteiger partial charge in [-0.1, -0.05) is 34.6 Å². The van der Waals surface area contributed by atoms with E-state index in [0.717, 1.165) is 30.8 Å². The molecule has 27 heavy (non-hydrogen) atoms. The van der Waals surface area contributed by atoms with E-state index in [-0.39, 0.29) is 16.4 Å². The first-order chi connectivity index (χ1) is 12.6. The molecular formula is C21H32N6. The quantitative estimate of drug-likeness (QED) is 0.651. The van der Waals surface area contributed by atoms with Crippen molar-refractivity contribution in [2.45, 2.75) is 77.2 Å². The number of nitrogens with zero attached hydrogens (tertiary/aromatic N) is 4. The maximum atomic E-state index is 4.87. The van der Waals surface area contributed by atoms with E-state index in [0.29, 0.717) is 0 Å². The topological polar surface area (TPSA) is 75.2 Å². The van der Waals surface area contributed by atoms with Crippen molar-refractivity contribution >= 4 is 0 Å². The molecule has 0 radical (unpaired) electrons. The second kappa shape index (κ2) is 6.98. The highest BCUT2D eigenvalue weighted by Gasteiger charge is 2.32. The zero-order valence-electron chi connectivity index (χ0n) is 17.4. The Balaban J connectivity index is 1.81. The second-order valence-corrected chi connectivity index (χ2v) is 9.48. The third-order valence-electron chi connectivity index (χ3n) is 5.59. The van der Waals surface area contributed by atoms with Gasteiger partial charge in [-0.25, -0.2) is 9.97 Å². The summed E-state index contributed by atoms with van der Waals surface area (Å²) in [7, 11) is 0. The summed E-state index contributed by atoms with van der Waals surface area (Å²) < 4.78 is 2.22. The number of hydrogen-bond acceptors (Lipinski definition) is 3. The van der Waals surface area contributed by atoms with E-state index in [9.17, 15) is 0 Å². The summed E-state index contributed by atoms with van der Waals surface area (Å²) >= 11 is 0. The van der Waals surface area contributed by atoms with Crippen LogP contribution in [0.25, 0.3) is 0 Å². The standard InChI is InChI=1S/C21H32N6/c1-19(2,3)17-14-23-18(25-17)13-21(6,27-12-11-22-15-27)9-8-20(4,5)16-7-10-24-26-16/h7,10-12,14-15H,8-9,13H2,1-6H3,(H,23,25)(H,24,26). The first kappa shape index (κ1) is 19.4. The average Bonchev–Trinajstić information content (AvgIpc) is 3.32. The molecule has 146 valence electrons. The zero-order chi connectivity index (χ0) is 19.7. The van der Waals surface area contributed by atoms with Crippen LogP contribution in [-0.4, -0.2) is 29.7 Å². The highest BCUT2D eigenvalue weighted by Crippen LogP contribution is 2.34. The number of hydrogen-bond donors (Lipinski definition) is 2. The van der Waals surface area contributed by atoms with Gasteiger partial charge >= 0.3 is 0 Å². The van der Waals surface area contributed by atoms with Crippen molar-refractivity contribution < 1.29 is 0 Å². The van der Waals surface area contributed by atoms with Crippen molar-refractivity contribution in [2.24, 2.45) is 0 Å². The molecule has 3 heterocycles. The van der Waals surface area contributed by atoms with E-state index in [4.69, 9.17) is 4.98 Å². The fraction of sp³-hybridized carbons (Fsp3) is 0.571. The molecule has 0 fully saturated rings. The van der Waals surface area contributed by atoms with Gasteiger partial charge in [0.25, 0.3) is 0 Å². The van der Waals surface area contributed by atoms with Gasteiger partial charge in [0.15, 0.2) is 0 Å². The Morgan fingerprint density at radius 1 is 1.04 bits per heavy atom. The maximum Gasteiger partial charge on any atom is 0.108 e. The second-order valence-electron chi connectivity index (χ2n) is 9.48. The Bertz CT molecular complexity index is 836. The van der Waals surface area contributed by atoms with Crippen molar-refractivity contribution in [3.63, 3.8) is 0 Å². The van der Waals surface area contributed by atoms with Gasteiger partial charge in [0.05, 0.1) is 12.0 Å². The van der Waals surface area contributed by atoms with Crippen LogP contribution in [-0.2, 0) is 22.8 Å². The first-order valence-electron chi connectivity index (χ1n) is 9.63. The van der Waals surface area contributed by atoms with Crippen molar-refractivity contribution in [3.05, 3.63) is 54.4 Å². The van der Waals surface area contributed by atoms with Crippen LogP contribution in [0.3, 0.4) is 0 Å². The Morgan fingerprint density at radius 3 is 2.37 bits per heavy atom. The lowest BCUT2D eigenvalue weighted by atomic mass is 9.79. The summed E-state index contributed by atoms with van der Waals surface area (Å²) in [5.74, 6) is 1.02. The molecule has 2 N–H and O–H groups in total.